The third kappa shape index (κ3) is 4.39. The monoisotopic (exact) mass is 366 g/mol. The summed E-state index contributed by atoms with van der Waals surface area (Å²) >= 11 is 6.01. The van der Waals surface area contributed by atoms with Crippen molar-refractivity contribution < 1.29 is 18.3 Å². The fraction of sp³-hybridized carbons (Fsp3) is 0.278. The second-order valence-corrected chi connectivity index (χ2v) is 6.15. The molecule has 1 aliphatic heterocycles. The van der Waals surface area contributed by atoms with Gasteiger partial charge in [-0.3, -0.25) is 4.79 Å². The quantitative estimate of drug-likeness (QED) is 0.832. The molecule has 0 spiro atoms. The molecule has 1 heterocycles. The standard InChI is InChI=1S/C18H17ClF2N2O2/c19-13-2-1-3-14(10-13)22-6-8-23(9-7-22)18(24)12-25-15-4-5-16(20)17(21)11-15/h1-5,10-11H,6-9,12H2. The molecule has 0 atom stereocenters. The molecular formula is C18H17ClF2N2O2. The van der Waals surface area contributed by atoms with E-state index < -0.39 is 11.6 Å². The van der Waals surface area contributed by atoms with Crippen LogP contribution in [0.15, 0.2) is 42.5 Å². The van der Waals surface area contributed by atoms with Gasteiger partial charge in [-0.15, -0.1) is 0 Å². The summed E-state index contributed by atoms with van der Waals surface area (Å²) in [5, 5.41) is 0.677. The van der Waals surface area contributed by atoms with Gasteiger partial charge in [0.15, 0.2) is 18.2 Å². The minimum atomic E-state index is -1.000. The normalized spacial score (nSPS) is 14.5. The van der Waals surface area contributed by atoms with Gasteiger partial charge in [0.25, 0.3) is 5.91 Å². The van der Waals surface area contributed by atoms with E-state index >= 15 is 0 Å². The highest BCUT2D eigenvalue weighted by molar-refractivity contribution is 6.30. The molecule has 2 aromatic rings. The number of rotatable bonds is 4. The van der Waals surface area contributed by atoms with Crippen LogP contribution in [0.5, 0.6) is 5.75 Å². The molecule has 2 aromatic carbocycles. The summed E-state index contributed by atoms with van der Waals surface area (Å²) in [4.78, 5) is 16.1. The smallest absolute Gasteiger partial charge is 0.260 e. The summed E-state index contributed by atoms with van der Waals surface area (Å²) in [6.45, 7) is 2.30. The summed E-state index contributed by atoms with van der Waals surface area (Å²) < 4.78 is 31.3. The zero-order chi connectivity index (χ0) is 17.8. The topological polar surface area (TPSA) is 32.8 Å². The third-order valence-corrected chi connectivity index (χ3v) is 4.29. The lowest BCUT2D eigenvalue weighted by Gasteiger charge is -2.36. The number of benzene rings is 2. The number of amides is 1. The van der Waals surface area contributed by atoms with Crippen LogP contribution in [-0.4, -0.2) is 43.6 Å². The number of carbonyl (C=O) groups excluding carboxylic acids is 1. The molecule has 0 aliphatic carbocycles. The Balaban J connectivity index is 1.50. The number of ether oxygens (including phenoxy) is 1. The van der Waals surface area contributed by atoms with Gasteiger partial charge in [-0.25, -0.2) is 8.78 Å². The second-order valence-electron chi connectivity index (χ2n) is 5.71. The molecule has 0 aromatic heterocycles. The molecule has 7 heteroatoms. The van der Waals surface area contributed by atoms with Gasteiger partial charge in [-0.2, -0.15) is 0 Å². The first kappa shape index (κ1) is 17.5. The number of hydrogen-bond acceptors (Lipinski definition) is 3. The Morgan fingerprint density at radius 2 is 1.80 bits per heavy atom. The van der Waals surface area contributed by atoms with Crippen LogP contribution in [0.1, 0.15) is 0 Å². The third-order valence-electron chi connectivity index (χ3n) is 4.06. The highest BCUT2D eigenvalue weighted by Crippen LogP contribution is 2.21. The maximum Gasteiger partial charge on any atom is 0.260 e. The van der Waals surface area contributed by atoms with Crippen molar-refractivity contribution in [1.82, 2.24) is 4.90 Å². The largest absolute Gasteiger partial charge is 0.484 e. The Morgan fingerprint density at radius 3 is 2.48 bits per heavy atom. The fourth-order valence-electron chi connectivity index (χ4n) is 2.69. The van der Waals surface area contributed by atoms with E-state index in [2.05, 4.69) is 4.90 Å². The van der Waals surface area contributed by atoms with Gasteiger partial charge in [-0.05, 0) is 30.3 Å². The Hall–Kier alpha value is -2.34. The van der Waals surface area contributed by atoms with E-state index in [0.29, 0.717) is 31.2 Å². The fourth-order valence-corrected chi connectivity index (χ4v) is 2.87. The maximum atomic E-state index is 13.1. The molecule has 3 rings (SSSR count). The zero-order valence-electron chi connectivity index (χ0n) is 13.4. The van der Waals surface area contributed by atoms with Crippen LogP contribution in [-0.2, 0) is 4.79 Å². The van der Waals surface area contributed by atoms with Crippen molar-refractivity contribution in [2.75, 3.05) is 37.7 Å². The first-order valence-electron chi connectivity index (χ1n) is 7.89. The van der Waals surface area contributed by atoms with Crippen molar-refractivity contribution in [2.24, 2.45) is 0 Å². The molecule has 1 aliphatic rings. The molecule has 132 valence electrons. The van der Waals surface area contributed by atoms with Crippen LogP contribution in [0.25, 0.3) is 0 Å². The van der Waals surface area contributed by atoms with Crippen LogP contribution >= 0.6 is 11.6 Å². The average Bonchev–Trinajstić information content (AvgIpc) is 2.62. The van der Waals surface area contributed by atoms with Crippen molar-refractivity contribution in [2.45, 2.75) is 0 Å². The highest BCUT2D eigenvalue weighted by atomic mass is 35.5. The Morgan fingerprint density at radius 1 is 1.04 bits per heavy atom. The van der Waals surface area contributed by atoms with E-state index in [1.54, 1.807) is 4.90 Å². The lowest BCUT2D eigenvalue weighted by molar-refractivity contribution is -0.133. The van der Waals surface area contributed by atoms with E-state index in [1.165, 1.54) is 6.07 Å². The number of piperazine rings is 1. The molecule has 1 fully saturated rings. The van der Waals surface area contributed by atoms with Gasteiger partial charge in [0, 0.05) is 43.0 Å². The molecule has 1 amide bonds. The number of hydrogen-bond donors (Lipinski definition) is 0. The minimum Gasteiger partial charge on any atom is -0.484 e. The molecule has 0 unspecified atom stereocenters. The van der Waals surface area contributed by atoms with E-state index in [-0.39, 0.29) is 18.3 Å². The van der Waals surface area contributed by atoms with Gasteiger partial charge >= 0.3 is 0 Å². The van der Waals surface area contributed by atoms with Crippen LogP contribution in [0.2, 0.25) is 5.02 Å². The highest BCUT2D eigenvalue weighted by Gasteiger charge is 2.21. The Labute approximate surface area is 149 Å². The molecular weight excluding hydrogens is 350 g/mol. The van der Waals surface area contributed by atoms with E-state index in [1.807, 2.05) is 24.3 Å². The van der Waals surface area contributed by atoms with E-state index in [9.17, 15) is 13.6 Å². The van der Waals surface area contributed by atoms with Crippen LogP contribution in [0.3, 0.4) is 0 Å². The maximum absolute atomic E-state index is 13.1. The van der Waals surface area contributed by atoms with Gasteiger partial charge in [0.05, 0.1) is 0 Å². The van der Waals surface area contributed by atoms with Gasteiger partial charge in [0.2, 0.25) is 0 Å². The Kier molecular flexibility index (Phi) is 5.38. The lowest BCUT2D eigenvalue weighted by atomic mass is 10.2. The van der Waals surface area contributed by atoms with Crippen LogP contribution in [0, 0.1) is 11.6 Å². The first-order chi connectivity index (χ1) is 12.0. The van der Waals surface area contributed by atoms with Crippen LogP contribution < -0.4 is 9.64 Å². The Bertz CT molecular complexity index is 764. The number of carbonyl (C=O) groups is 1. The first-order valence-corrected chi connectivity index (χ1v) is 8.27. The predicted octanol–water partition coefficient (Wildman–Crippen LogP) is 3.35. The van der Waals surface area contributed by atoms with Crippen molar-refractivity contribution in [3.05, 3.63) is 59.1 Å². The minimum absolute atomic E-state index is 0.129. The molecule has 0 radical (unpaired) electrons. The molecule has 1 saturated heterocycles. The van der Waals surface area contributed by atoms with Crippen molar-refractivity contribution in [3.8, 4) is 5.75 Å². The summed E-state index contributed by atoms with van der Waals surface area (Å²) in [6.07, 6.45) is 0. The molecule has 0 N–H and O–H groups in total. The van der Waals surface area contributed by atoms with Gasteiger partial charge < -0.3 is 14.5 Å². The van der Waals surface area contributed by atoms with Gasteiger partial charge in [-0.1, -0.05) is 17.7 Å². The number of anilines is 1. The van der Waals surface area contributed by atoms with Crippen LogP contribution in [0.4, 0.5) is 14.5 Å². The number of halogens is 3. The molecule has 0 bridgehead atoms. The van der Waals surface area contributed by atoms with Crippen molar-refractivity contribution in [3.63, 3.8) is 0 Å². The summed E-state index contributed by atoms with van der Waals surface area (Å²) in [5.74, 6) is -2.00. The summed E-state index contributed by atoms with van der Waals surface area (Å²) in [6, 6.07) is 10.8. The molecule has 0 saturated carbocycles. The average molecular weight is 367 g/mol. The summed E-state index contributed by atoms with van der Waals surface area (Å²) in [5.41, 5.74) is 1.03. The van der Waals surface area contributed by atoms with Crippen molar-refractivity contribution in [1.29, 1.82) is 0 Å². The van der Waals surface area contributed by atoms with E-state index in [0.717, 1.165) is 17.8 Å². The predicted molar refractivity (Wildman–Crippen MR) is 92.1 cm³/mol. The van der Waals surface area contributed by atoms with Crippen molar-refractivity contribution >= 4 is 23.2 Å². The molecule has 25 heavy (non-hydrogen) atoms. The second kappa shape index (κ2) is 7.70. The number of nitrogens with zero attached hydrogens (tertiary/aromatic N) is 2. The summed E-state index contributed by atoms with van der Waals surface area (Å²) in [7, 11) is 0. The van der Waals surface area contributed by atoms with Gasteiger partial charge in [0.1, 0.15) is 5.75 Å². The zero-order valence-corrected chi connectivity index (χ0v) is 14.2. The lowest BCUT2D eigenvalue weighted by Crippen LogP contribution is -2.50. The van der Waals surface area contributed by atoms with E-state index in [4.69, 9.17) is 16.3 Å². The molecule has 4 nitrogen and oxygen atoms in total. The SMILES string of the molecule is O=C(COc1ccc(F)c(F)c1)N1CCN(c2cccc(Cl)c2)CC1.